The number of carboxylic acid groups (broad SMARTS) is 1. The van der Waals surface area contributed by atoms with Crippen LogP contribution in [0.1, 0.15) is 24.2 Å². The van der Waals surface area contributed by atoms with Crippen molar-refractivity contribution in [2.24, 2.45) is 0 Å². The molecular weight excluding hydrogens is 365 g/mol. The molecule has 0 fully saturated rings. The second-order valence-corrected chi connectivity index (χ2v) is 6.33. The van der Waals surface area contributed by atoms with Crippen molar-refractivity contribution in [3.8, 4) is 5.75 Å². The van der Waals surface area contributed by atoms with Crippen LogP contribution < -0.4 is 44.7 Å². The maximum absolute atomic E-state index is 10.4. The summed E-state index contributed by atoms with van der Waals surface area (Å²) in [6.45, 7) is 2.00. The van der Waals surface area contributed by atoms with Gasteiger partial charge in [0.15, 0.2) is 0 Å². The zero-order valence-corrected chi connectivity index (χ0v) is 17.7. The first-order valence-electron chi connectivity index (χ1n) is 8.02. The number of nitrogens with one attached hydrogen (secondary N) is 1. The minimum Gasteiger partial charge on any atom is -0.546 e. The Bertz CT molecular complexity index is 696. The Hall–Kier alpha value is -1.08. The van der Waals surface area contributed by atoms with E-state index in [1.807, 2.05) is 31.2 Å². The van der Waals surface area contributed by atoms with Crippen molar-refractivity contribution in [1.82, 2.24) is 5.32 Å². The van der Waals surface area contributed by atoms with Gasteiger partial charge in [0.25, 0.3) is 0 Å². The van der Waals surface area contributed by atoms with E-state index < -0.39 is 18.7 Å². The Labute approximate surface area is 180 Å². The summed E-state index contributed by atoms with van der Waals surface area (Å²) in [7, 11) is 0. The number of hydrogen-bond donors (Lipinski definition) is 2. The van der Waals surface area contributed by atoms with Gasteiger partial charge in [-0.15, -0.1) is 0 Å². The van der Waals surface area contributed by atoms with E-state index in [0.717, 1.165) is 17.5 Å². The maximum atomic E-state index is 10.4. The number of benzene rings is 2. The van der Waals surface area contributed by atoms with Crippen LogP contribution in [0, 0.1) is 0 Å². The summed E-state index contributed by atoms with van der Waals surface area (Å²) < 4.78 is 5.04. The first kappa shape index (κ1) is 23.0. The molecular formula is C19H21ClNNaO4. The molecule has 2 rings (SSSR count). The summed E-state index contributed by atoms with van der Waals surface area (Å²) in [5.74, 6) is -0.759. The zero-order chi connectivity index (χ0) is 18.2. The van der Waals surface area contributed by atoms with Gasteiger partial charge in [-0.05, 0) is 48.7 Å². The van der Waals surface area contributed by atoms with Gasteiger partial charge in [-0.3, -0.25) is 0 Å². The third-order valence-corrected chi connectivity index (χ3v) is 3.95. The molecule has 0 bridgehead atoms. The number of aliphatic hydroxyl groups excluding tert-OH is 1. The Morgan fingerprint density at radius 3 is 2.58 bits per heavy atom. The second-order valence-electron chi connectivity index (χ2n) is 5.89. The minimum atomic E-state index is -1.25. The van der Waals surface area contributed by atoms with E-state index in [1.54, 1.807) is 24.3 Å². The molecule has 5 nitrogen and oxygen atoms in total. The summed E-state index contributed by atoms with van der Waals surface area (Å²) in [5.41, 5.74) is 1.86. The number of carboxylic acids is 1. The van der Waals surface area contributed by atoms with Crippen LogP contribution in [0.2, 0.25) is 5.02 Å². The van der Waals surface area contributed by atoms with E-state index in [-0.39, 0.29) is 35.6 Å². The average molecular weight is 386 g/mol. The number of carbonyl (C=O) groups is 1. The van der Waals surface area contributed by atoms with Gasteiger partial charge in [0.1, 0.15) is 12.4 Å². The number of carbonyl (C=O) groups excluding carboxylic acids is 1. The molecule has 0 spiro atoms. The molecule has 2 N–H and O–H groups in total. The molecule has 0 heterocycles. The largest absolute Gasteiger partial charge is 1.00 e. The number of hydrogen-bond acceptors (Lipinski definition) is 5. The summed E-state index contributed by atoms with van der Waals surface area (Å²) >= 11 is 5.93. The van der Waals surface area contributed by atoms with Crippen molar-refractivity contribution < 1.29 is 49.3 Å². The molecule has 0 saturated carbocycles. The molecule has 0 aromatic heterocycles. The van der Waals surface area contributed by atoms with Crippen molar-refractivity contribution in [3.63, 3.8) is 0 Å². The number of halogens is 1. The van der Waals surface area contributed by atoms with Crippen molar-refractivity contribution in [2.75, 3.05) is 13.2 Å². The van der Waals surface area contributed by atoms with E-state index in [0.29, 0.717) is 17.3 Å². The van der Waals surface area contributed by atoms with Gasteiger partial charge in [-0.2, -0.15) is 0 Å². The minimum absolute atomic E-state index is 0. The Kier molecular flexibility index (Phi) is 10.2. The standard InChI is InChI=1S/C19H22ClNO4.Na/c1-13(21-11-18(22)15-3-2-4-16(20)10-15)9-14-5-7-17(8-6-14)25-12-19(23)24;/h2-8,10,13,18,21-22H,9,11-12H2,1H3,(H,23,24);/q;+1/p-1/t13-,18+;/m0./s1. The second kappa shape index (κ2) is 11.6. The molecule has 134 valence electrons. The normalized spacial score (nSPS) is 12.7. The van der Waals surface area contributed by atoms with Crippen LogP contribution in [0.5, 0.6) is 5.75 Å². The molecule has 2 atom stereocenters. The van der Waals surface area contributed by atoms with Crippen molar-refractivity contribution >= 4 is 17.6 Å². The Balaban J connectivity index is 0.00000338. The van der Waals surface area contributed by atoms with Crippen LogP contribution in [0.3, 0.4) is 0 Å². The molecule has 0 aliphatic heterocycles. The van der Waals surface area contributed by atoms with Crippen LogP contribution in [0.4, 0.5) is 0 Å². The first-order chi connectivity index (χ1) is 11.9. The third-order valence-electron chi connectivity index (χ3n) is 3.72. The molecule has 0 aliphatic carbocycles. The number of rotatable bonds is 9. The van der Waals surface area contributed by atoms with E-state index in [4.69, 9.17) is 16.3 Å². The van der Waals surface area contributed by atoms with Crippen molar-refractivity contribution in [1.29, 1.82) is 0 Å². The van der Waals surface area contributed by atoms with E-state index in [1.165, 1.54) is 0 Å². The summed E-state index contributed by atoms with van der Waals surface area (Å²) in [5, 5.41) is 24.5. The molecule has 7 heteroatoms. The van der Waals surface area contributed by atoms with Gasteiger partial charge in [0.05, 0.1) is 12.1 Å². The Morgan fingerprint density at radius 2 is 1.96 bits per heavy atom. The first-order valence-corrected chi connectivity index (χ1v) is 8.40. The monoisotopic (exact) mass is 385 g/mol. The fourth-order valence-corrected chi connectivity index (χ4v) is 2.63. The summed E-state index contributed by atoms with van der Waals surface area (Å²) in [6.07, 6.45) is 0.143. The molecule has 2 aromatic carbocycles. The van der Waals surface area contributed by atoms with Gasteiger partial charge in [-0.1, -0.05) is 35.9 Å². The third kappa shape index (κ3) is 8.08. The predicted octanol–water partition coefficient (Wildman–Crippen LogP) is -1.27. The Morgan fingerprint density at radius 1 is 1.27 bits per heavy atom. The predicted molar refractivity (Wildman–Crippen MR) is 94.5 cm³/mol. The number of aliphatic hydroxyl groups is 1. The van der Waals surface area contributed by atoms with Gasteiger partial charge < -0.3 is 25.1 Å². The van der Waals surface area contributed by atoms with Gasteiger partial charge >= 0.3 is 29.6 Å². The van der Waals surface area contributed by atoms with Crippen LogP contribution in [-0.2, 0) is 11.2 Å². The number of aliphatic carboxylic acids is 1. The average Bonchev–Trinajstić information content (AvgIpc) is 2.59. The zero-order valence-electron chi connectivity index (χ0n) is 14.9. The van der Waals surface area contributed by atoms with E-state index in [2.05, 4.69) is 5.32 Å². The topological polar surface area (TPSA) is 81.6 Å². The fourth-order valence-electron chi connectivity index (χ4n) is 2.43. The molecule has 0 radical (unpaired) electrons. The fraction of sp³-hybridized carbons (Fsp3) is 0.316. The van der Waals surface area contributed by atoms with Crippen LogP contribution in [0.25, 0.3) is 0 Å². The molecule has 0 saturated heterocycles. The smallest absolute Gasteiger partial charge is 0.546 e. The summed E-state index contributed by atoms with van der Waals surface area (Å²) in [6, 6.07) is 14.6. The van der Waals surface area contributed by atoms with Crippen molar-refractivity contribution in [3.05, 3.63) is 64.7 Å². The quantitative estimate of drug-likeness (QED) is 0.526. The maximum Gasteiger partial charge on any atom is 1.00 e. The summed E-state index contributed by atoms with van der Waals surface area (Å²) in [4.78, 5) is 10.4. The molecule has 26 heavy (non-hydrogen) atoms. The molecule has 2 aromatic rings. The van der Waals surface area contributed by atoms with Gasteiger partial charge in [0.2, 0.25) is 0 Å². The van der Waals surface area contributed by atoms with Crippen LogP contribution >= 0.6 is 11.6 Å². The van der Waals surface area contributed by atoms with Gasteiger partial charge in [-0.25, -0.2) is 0 Å². The SMILES string of the molecule is C[C@@H](Cc1ccc(OCC(=O)[O-])cc1)NC[C@@H](O)c1cccc(Cl)c1.[Na+]. The molecule has 0 amide bonds. The van der Waals surface area contributed by atoms with Crippen LogP contribution in [-0.4, -0.2) is 30.3 Å². The molecule has 0 aliphatic rings. The van der Waals surface area contributed by atoms with E-state index >= 15 is 0 Å². The number of ether oxygens (including phenoxy) is 1. The molecule has 0 unspecified atom stereocenters. The van der Waals surface area contributed by atoms with E-state index in [9.17, 15) is 15.0 Å². The van der Waals surface area contributed by atoms with Gasteiger partial charge in [0, 0.05) is 17.6 Å². The van der Waals surface area contributed by atoms with Crippen molar-refractivity contribution in [2.45, 2.75) is 25.5 Å². The van der Waals surface area contributed by atoms with Crippen LogP contribution in [0.15, 0.2) is 48.5 Å².